The van der Waals surface area contributed by atoms with Gasteiger partial charge in [0.25, 0.3) is 0 Å². The van der Waals surface area contributed by atoms with E-state index in [4.69, 9.17) is 5.73 Å². The van der Waals surface area contributed by atoms with Crippen molar-refractivity contribution in [3.05, 3.63) is 54.6 Å². The highest BCUT2D eigenvalue weighted by atomic mass is 16.2. The Bertz CT molecular complexity index is 549. The van der Waals surface area contributed by atoms with Crippen molar-refractivity contribution in [3.63, 3.8) is 0 Å². The molecule has 0 bridgehead atoms. The van der Waals surface area contributed by atoms with Crippen LogP contribution in [-0.2, 0) is 4.79 Å². The van der Waals surface area contributed by atoms with Crippen molar-refractivity contribution in [1.29, 1.82) is 0 Å². The molecule has 2 aromatic rings. The second-order valence-corrected chi connectivity index (χ2v) is 4.76. The normalized spacial score (nSPS) is 10.2. The number of unbranched alkanes of at least 4 members (excludes halogenated alkanes) is 1. The third-order valence-corrected chi connectivity index (χ3v) is 3.16. The maximum atomic E-state index is 12.5. The van der Waals surface area contributed by atoms with E-state index in [1.807, 2.05) is 54.6 Å². The van der Waals surface area contributed by atoms with Crippen LogP contribution in [0.2, 0.25) is 0 Å². The van der Waals surface area contributed by atoms with Crippen LogP contribution in [0.5, 0.6) is 0 Å². The predicted octanol–water partition coefficient (Wildman–Crippen LogP) is 4.12. The summed E-state index contributed by atoms with van der Waals surface area (Å²) in [5.74, 6) is 0.114. The van der Waals surface area contributed by atoms with Gasteiger partial charge < -0.3 is 5.73 Å². The zero-order valence-corrected chi connectivity index (χ0v) is 11.8. The van der Waals surface area contributed by atoms with Crippen LogP contribution in [0.1, 0.15) is 26.2 Å². The topological polar surface area (TPSA) is 46.3 Å². The van der Waals surface area contributed by atoms with Gasteiger partial charge in [-0.1, -0.05) is 31.5 Å². The Balaban J connectivity index is 2.34. The monoisotopic (exact) mass is 268 g/mol. The van der Waals surface area contributed by atoms with E-state index < -0.39 is 0 Å². The van der Waals surface area contributed by atoms with Crippen LogP contribution in [0.15, 0.2) is 54.6 Å². The lowest BCUT2D eigenvalue weighted by molar-refractivity contribution is -0.118. The van der Waals surface area contributed by atoms with Gasteiger partial charge in [-0.2, -0.15) is 0 Å². The second-order valence-electron chi connectivity index (χ2n) is 4.76. The minimum atomic E-state index is 0.114. The zero-order chi connectivity index (χ0) is 14.4. The Hall–Kier alpha value is -2.29. The Labute approximate surface area is 120 Å². The van der Waals surface area contributed by atoms with Crippen molar-refractivity contribution in [2.45, 2.75) is 26.2 Å². The van der Waals surface area contributed by atoms with Crippen LogP contribution in [0.25, 0.3) is 0 Å². The molecule has 0 aromatic heterocycles. The first-order valence-corrected chi connectivity index (χ1v) is 6.96. The van der Waals surface area contributed by atoms with Gasteiger partial charge >= 0.3 is 0 Å². The molecular formula is C17H20N2O. The molecule has 0 saturated carbocycles. The summed E-state index contributed by atoms with van der Waals surface area (Å²) in [6.07, 6.45) is 2.46. The maximum Gasteiger partial charge on any atom is 0.231 e. The molecule has 3 heteroatoms. The first kappa shape index (κ1) is 14.1. The summed E-state index contributed by atoms with van der Waals surface area (Å²) < 4.78 is 0. The summed E-state index contributed by atoms with van der Waals surface area (Å²) in [4.78, 5) is 14.2. The SMILES string of the molecule is CCCCC(=O)N(c1ccccc1)c1ccc(N)cc1. The van der Waals surface area contributed by atoms with Crippen LogP contribution in [0, 0.1) is 0 Å². The molecule has 1 amide bonds. The third-order valence-electron chi connectivity index (χ3n) is 3.16. The van der Waals surface area contributed by atoms with E-state index in [9.17, 15) is 4.79 Å². The number of amides is 1. The lowest BCUT2D eigenvalue weighted by atomic mass is 10.1. The Morgan fingerprint density at radius 3 is 2.20 bits per heavy atom. The fourth-order valence-corrected chi connectivity index (χ4v) is 2.08. The van der Waals surface area contributed by atoms with E-state index in [0.29, 0.717) is 12.1 Å². The molecule has 0 saturated heterocycles. The number of carbonyl (C=O) groups excluding carboxylic acids is 1. The minimum Gasteiger partial charge on any atom is -0.399 e. The fraction of sp³-hybridized carbons (Fsp3) is 0.235. The standard InChI is InChI=1S/C17H20N2O/c1-2-3-9-17(20)19(15-7-5-4-6-8-15)16-12-10-14(18)11-13-16/h4-8,10-13H,2-3,9,18H2,1H3. The van der Waals surface area contributed by atoms with Crippen LogP contribution >= 0.6 is 0 Å². The molecule has 0 heterocycles. The summed E-state index contributed by atoms with van der Waals surface area (Å²) in [5, 5.41) is 0. The van der Waals surface area contributed by atoms with Crippen molar-refractivity contribution in [2.24, 2.45) is 0 Å². The Morgan fingerprint density at radius 2 is 1.60 bits per heavy atom. The number of para-hydroxylation sites is 1. The molecule has 0 unspecified atom stereocenters. The predicted molar refractivity (Wildman–Crippen MR) is 84.0 cm³/mol. The number of nitrogens with zero attached hydrogens (tertiary/aromatic N) is 1. The van der Waals surface area contributed by atoms with E-state index in [-0.39, 0.29) is 5.91 Å². The molecule has 2 rings (SSSR count). The van der Waals surface area contributed by atoms with Gasteiger partial charge in [0.1, 0.15) is 0 Å². The van der Waals surface area contributed by atoms with Crippen LogP contribution < -0.4 is 10.6 Å². The highest BCUT2D eigenvalue weighted by molar-refractivity contribution is 6.00. The number of nitrogen functional groups attached to an aromatic ring is 1. The summed E-state index contributed by atoms with van der Waals surface area (Å²) in [7, 11) is 0. The molecule has 0 fully saturated rings. The highest BCUT2D eigenvalue weighted by Gasteiger charge is 2.16. The van der Waals surface area contributed by atoms with Gasteiger partial charge in [-0.25, -0.2) is 0 Å². The van der Waals surface area contributed by atoms with Gasteiger partial charge in [0.2, 0.25) is 5.91 Å². The molecule has 104 valence electrons. The molecule has 0 radical (unpaired) electrons. The fourth-order valence-electron chi connectivity index (χ4n) is 2.08. The number of carbonyl (C=O) groups is 1. The molecule has 0 aliphatic rings. The molecule has 20 heavy (non-hydrogen) atoms. The summed E-state index contributed by atoms with van der Waals surface area (Å²) in [6, 6.07) is 17.1. The molecule has 0 atom stereocenters. The smallest absolute Gasteiger partial charge is 0.231 e. The van der Waals surface area contributed by atoms with Crippen molar-refractivity contribution in [3.8, 4) is 0 Å². The van der Waals surface area contributed by atoms with Crippen molar-refractivity contribution < 1.29 is 4.79 Å². The first-order chi connectivity index (χ1) is 9.72. The molecule has 2 N–H and O–H groups in total. The number of hydrogen-bond acceptors (Lipinski definition) is 2. The zero-order valence-electron chi connectivity index (χ0n) is 11.8. The van der Waals surface area contributed by atoms with Gasteiger partial charge in [0, 0.05) is 23.5 Å². The first-order valence-electron chi connectivity index (χ1n) is 6.96. The van der Waals surface area contributed by atoms with Gasteiger partial charge in [0.15, 0.2) is 0 Å². The van der Waals surface area contributed by atoms with E-state index in [1.165, 1.54) is 0 Å². The number of anilines is 3. The van der Waals surface area contributed by atoms with E-state index >= 15 is 0 Å². The Morgan fingerprint density at radius 1 is 1.00 bits per heavy atom. The molecule has 2 aromatic carbocycles. The molecular weight excluding hydrogens is 248 g/mol. The van der Waals surface area contributed by atoms with E-state index in [1.54, 1.807) is 4.90 Å². The van der Waals surface area contributed by atoms with Crippen LogP contribution in [0.3, 0.4) is 0 Å². The molecule has 0 aliphatic heterocycles. The van der Waals surface area contributed by atoms with E-state index in [2.05, 4.69) is 6.92 Å². The molecule has 3 nitrogen and oxygen atoms in total. The lowest BCUT2D eigenvalue weighted by Crippen LogP contribution is -2.25. The number of rotatable bonds is 5. The summed E-state index contributed by atoms with van der Waals surface area (Å²) in [5.41, 5.74) is 8.16. The van der Waals surface area contributed by atoms with Crippen LogP contribution in [-0.4, -0.2) is 5.91 Å². The lowest BCUT2D eigenvalue weighted by Gasteiger charge is -2.23. The van der Waals surface area contributed by atoms with E-state index in [0.717, 1.165) is 24.2 Å². The third kappa shape index (κ3) is 3.38. The quantitative estimate of drug-likeness (QED) is 0.829. The van der Waals surface area contributed by atoms with Gasteiger partial charge in [0.05, 0.1) is 0 Å². The van der Waals surface area contributed by atoms with Crippen molar-refractivity contribution >= 4 is 23.0 Å². The van der Waals surface area contributed by atoms with Crippen molar-refractivity contribution in [2.75, 3.05) is 10.6 Å². The largest absolute Gasteiger partial charge is 0.399 e. The van der Waals surface area contributed by atoms with Gasteiger partial charge in [-0.15, -0.1) is 0 Å². The average Bonchev–Trinajstić information content (AvgIpc) is 2.48. The minimum absolute atomic E-state index is 0.114. The maximum absolute atomic E-state index is 12.5. The highest BCUT2D eigenvalue weighted by Crippen LogP contribution is 2.27. The second kappa shape index (κ2) is 6.75. The van der Waals surface area contributed by atoms with Crippen LogP contribution in [0.4, 0.5) is 17.1 Å². The molecule has 0 spiro atoms. The summed E-state index contributed by atoms with van der Waals surface area (Å²) >= 11 is 0. The number of nitrogens with two attached hydrogens (primary N) is 1. The average molecular weight is 268 g/mol. The summed E-state index contributed by atoms with van der Waals surface area (Å²) in [6.45, 7) is 2.09. The van der Waals surface area contributed by atoms with Gasteiger partial charge in [-0.05, 0) is 42.8 Å². The Kier molecular flexibility index (Phi) is 4.77. The molecule has 0 aliphatic carbocycles. The number of hydrogen-bond donors (Lipinski definition) is 1. The number of benzene rings is 2. The van der Waals surface area contributed by atoms with Gasteiger partial charge in [-0.3, -0.25) is 9.69 Å². The van der Waals surface area contributed by atoms with Crippen molar-refractivity contribution in [1.82, 2.24) is 0 Å².